The van der Waals surface area contributed by atoms with E-state index in [0.29, 0.717) is 23.6 Å². The molecule has 0 bridgehead atoms. The zero-order chi connectivity index (χ0) is 20.5. The van der Waals surface area contributed by atoms with Gasteiger partial charge in [-0.3, -0.25) is 9.59 Å². The fourth-order valence-electron chi connectivity index (χ4n) is 4.20. The second-order valence-electron chi connectivity index (χ2n) is 8.13. The van der Waals surface area contributed by atoms with Gasteiger partial charge in [-0.1, -0.05) is 19.1 Å². The third kappa shape index (κ3) is 3.77. The lowest BCUT2D eigenvalue weighted by atomic mass is 9.87. The van der Waals surface area contributed by atoms with Gasteiger partial charge in [0.2, 0.25) is 0 Å². The molecule has 0 aliphatic heterocycles. The molecule has 5 heteroatoms. The van der Waals surface area contributed by atoms with E-state index in [0.717, 1.165) is 23.9 Å². The van der Waals surface area contributed by atoms with Gasteiger partial charge in [-0.25, -0.2) is 0 Å². The van der Waals surface area contributed by atoms with Gasteiger partial charge >= 0.3 is 0 Å². The van der Waals surface area contributed by atoms with Crippen LogP contribution in [0.15, 0.2) is 42.5 Å². The van der Waals surface area contributed by atoms with Gasteiger partial charge in [0.15, 0.2) is 0 Å². The molecule has 4 rings (SSSR count). The highest BCUT2D eigenvalue weighted by molar-refractivity contribution is 5.99. The summed E-state index contributed by atoms with van der Waals surface area (Å²) in [5.41, 5.74) is 6.13. The van der Waals surface area contributed by atoms with Crippen LogP contribution in [0.2, 0.25) is 0 Å². The lowest BCUT2D eigenvalue weighted by Crippen LogP contribution is -2.26. The number of benzene rings is 2. The third-order valence-corrected chi connectivity index (χ3v) is 5.89. The SMILES string of the molecule is CNC(=O)c1ccc(CN(C)C(=O)c2ccc3[nH]c4c(c3c2)CC(C)CC4)cc1. The third-order valence-electron chi connectivity index (χ3n) is 5.89. The van der Waals surface area contributed by atoms with Crippen LogP contribution in [0.3, 0.4) is 0 Å². The first-order valence-corrected chi connectivity index (χ1v) is 10.2. The van der Waals surface area contributed by atoms with Crippen LogP contribution in [-0.2, 0) is 19.4 Å². The minimum Gasteiger partial charge on any atom is -0.358 e. The summed E-state index contributed by atoms with van der Waals surface area (Å²) in [6.07, 6.45) is 3.37. The lowest BCUT2D eigenvalue weighted by Gasteiger charge is -2.19. The Morgan fingerprint density at radius 1 is 1.14 bits per heavy atom. The molecular weight excluding hydrogens is 362 g/mol. The zero-order valence-electron chi connectivity index (χ0n) is 17.2. The standard InChI is InChI=1S/C24H27N3O2/c1-15-4-10-21-19(12-15)20-13-18(9-11-22(20)26-21)24(29)27(3)14-16-5-7-17(8-6-16)23(28)25-2/h5-9,11,13,15,26H,4,10,12,14H2,1-3H3,(H,25,28). The van der Waals surface area contributed by atoms with E-state index in [1.54, 1.807) is 24.1 Å². The summed E-state index contributed by atoms with van der Waals surface area (Å²) >= 11 is 0. The summed E-state index contributed by atoms with van der Waals surface area (Å²) in [7, 11) is 3.43. The summed E-state index contributed by atoms with van der Waals surface area (Å²) < 4.78 is 0. The van der Waals surface area contributed by atoms with E-state index >= 15 is 0 Å². The van der Waals surface area contributed by atoms with E-state index < -0.39 is 0 Å². The first-order chi connectivity index (χ1) is 14.0. The zero-order valence-corrected chi connectivity index (χ0v) is 17.2. The largest absolute Gasteiger partial charge is 0.358 e. The van der Waals surface area contributed by atoms with Crippen LogP contribution < -0.4 is 5.32 Å². The van der Waals surface area contributed by atoms with Crippen molar-refractivity contribution in [3.05, 3.63) is 70.4 Å². The monoisotopic (exact) mass is 389 g/mol. The number of amides is 2. The smallest absolute Gasteiger partial charge is 0.253 e. The first-order valence-electron chi connectivity index (χ1n) is 10.2. The van der Waals surface area contributed by atoms with Gasteiger partial charge < -0.3 is 15.2 Å². The number of nitrogens with one attached hydrogen (secondary N) is 2. The molecule has 1 aromatic heterocycles. The van der Waals surface area contributed by atoms with Crippen molar-refractivity contribution in [1.82, 2.24) is 15.2 Å². The molecule has 1 aliphatic rings. The van der Waals surface area contributed by atoms with E-state index in [2.05, 4.69) is 17.2 Å². The maximum Gasteiger partial charge on any atom is 0.253 e. The van der Waals surface area contributed by atoms with Crippen LogP contribution in [0.25, 0.3) is 10.9 Å². The second-order valence-corrected chi connectivity index (χ2v) is 8.13. The van der Waals surface area contributed by atoms with Crippen molar-refractivity contribution in [3.63, 3.8) is 0 Å². The average Bonchev–Trinajstić information content (AvgIpc) is 3.10. The van der Waals surface area contributed by atoms with Crippen molar-refractivity contribution >= 4 is 22.7 Å². The van der Waals surface area contributed by atoms with Crippen molar-refractivity contribution < 1.29 is 9.59 Å². The Bertz CT molecular complexity index is 1070. The molecule has 0 spiro atoms. The molecule has 0 saturated carbocycles. The lowest BCUT2D eigenvalue weighted by molar-refractivity contribution is 0.0784. The highest BCUT2D eigenvalue weighted by atomic mass is 16.2. The molecule has 2 aromatic carbocycles. The molecule has 150 valence electrons. The first kappa shape index (κ1) is 19.2. The Balaban J connectivity index is 1.53. The molecule has 2 N–H and O–H groups in total. The maximum atomic E-state index is 13.0. The molecule has 1 atom stereocenters. The topological polar surface area (TPSA) is 65.2 Å². The van der Waals surface area contributed by atoms with Gasteiger partial charge in [-0.05, 0) is 66.6 Å². The van der Waals surface area contributed by atoms with Crippen LogP contribution in [0.1, 0.15) is 50.9 Å². The average molecular weight is 389 g/mol. The molecule has 1 unspecified atom stereocenters. The van der Waals surface area contributed by atoms with E-state index in [1.165, 1.54) is 23.1 Å². The predicted octanol–water partition coefficient (Wildman–Crippen LogP) is 3.92. The number of hydrogen-bond acceptors (Lipinski definition) is 2. The molecule has 0 saturated heterocycles. The number of aromatic amines is 1. The molecule has 5 nitrogen and oxygen atoms in total. The highest BCUT2D eigenvalue weighted by Crippen LogP contribution is 2.32. The van der Waals surface area contributed by atoms with Crippen molar-refractivity contribution in [2.75, 3.05) is 14.1 Å². The molecule has 29 heavy (non-hydrogen) atoms. The number of fused-ring (bicyclic) bond motifs is 3. The van der Waals surface area contributed by atoms with Crippen LogP contribution in [0.5, 0.6) is 0 Å². The van der Waals surface area contributed by atoms with Crippen LogP contribution in [-0.4, -0.2) is 35.8 Å². The number of aryl methyl sites for hydroxylation is 1. The van der Waals surface area contributed by atoms with Crippen molar-refractivity contribution in [2.45, 2.75) is 32.7 Å². The fraction of sp³-hybridized carbons (Fsp3) is 0.333. The Morgan fingerprint density at radius 2 is 1.86 bits per heavy atom. The maximum absolute atomic E-state index is 13.0. The summed E-state index contributed by atoms with van der Waals surface area (Å²) in [6, 6.07) is 13.3. The minimum atomic E-state index is -0.113. The van der Waals surface area contributed by atoms with Gasteiger partial charge in [-0.15, -0.1) is 0 Å². The second kappa shape index (κ2) is 7.74. The number of H-pyrrole nitrogens is 1. The fourth-order valence-corrected chi connectivity index (χ4v) is 4.20. The molecule has 3 aromatic rings. The number of carbonyl (C=O) groups is 2. The van der Waals surface area contributed by atoms with E-state index in [-0.39, 0.29) is 11.8 Å². The number of aromatic nitrogens is 1. The summed E-state index contributed by atoms with van der Waals surface area (Å²) in [4.78, 5) is 29.9. The van der Waals surface area contributed by atoms with Crippen molar-refractivity contribution in [3.8, 4) is 0 Å². The summed E-state index contributed by atoms with van der Waals surface area (Å²) in [5.74, 6) is 0.570. The molecule has 0 radical (unpaired) electrons. The highest BCUT2D eigenvalue weighted by Gasteiger charge is 2.21. The van der Waals surface area contributed by atoms with Gasteiger partial charge in [0.25, 0.3) is 11.8 Å². The van der Waals surface area contributed by atoms with Gasteiger partial charge in [-0.2, -0.15) is 0 Å². The van der Waals surface area contributed by atoms with Crippen LogP contribution >= 0.6 is 0 Å². The Hall–Kier alpha value is -3.08. The number of hydrogen-bond donors (Lipinski definition) is 2. The Labute approximate surface area is 171 Å². The minimum absolute atomic E-state index is 0.00101. The van der Waals surface area contributed by atoms with Gasteiger partial charge in [0.05, 0.1) is 0 Å². The van der Waals surface area contributed by atoms with Crippen molar-refractivity contribution in [2.24, 2.45) is 5.92 Å². The quantitative estimate of drug-likeness (QED) is 0.710. The molecule has 0 fully saturated rings. The van der Waals surface area contributed by atoms with Crippen LogP contribution in [0, 0.1) is 5.92 Å². The number of rotatable bonds is 4. The summed E-state index contributed by atoms with van der Waals surface area (Å²) in [6.45, 7) is 2.78. The van der Waals surface area contributed by atoms with E-state index in [4.69, 9.17) is 0 Å². The molecular formula is C24H27N3O2. The predicted molar refractivity (Wildman–Crippen MR) is 115 cm³/mol. The van der Waals surface area contributed by atoms with Gasteiger partial charge in [0.1, 0.15) is 0 Å². The molecule has 1 heterocycles. The van der Waals surface area contributed by atoms with Crippen LogP contribution in [0.4, 0.5) is 0 Å². The van der Waals surface area contributed by atoms with E-state index in [9.17, 15) is 9.59 Å². The van der Waals surface area contributed by atoms with E-state index in [1.807, 2.05) is 37.4 Å². The summed E-state index contributed by atoms with van der Waals surface area (Å²) in [5, 5.41) is 3.79. The molecule has 2 amide bonds. The van der Waals surface area contributed by atoms with Crippen molar-refractivity contribution in [1.29, 1.82) is 0 Å². The van der Waals surface area contributed by atoms with Gasteiger partial charge in [0, 0.05) is 48.4 Å². The molecule has 1 aliphatic carbocycles. The Kier molecular flexibility index (Phi) is 5.14. The number of carbonyl (C=O) groups excluding carboxylic acids is 2. The normalized spacial score (nSPS) is 15.8. The Morgan fingerprint density at radius 3 is 2.59 bits per heavy atom. The number of nitrogens with zero attached hydrogens (tertiary/aromatic N) is 1.